The van der Waals surface area contributed by atoms with E-state index >= 15 is 0 Å². The van der Waals surface area contributed by atoms with E-state index in [1.165, 1.54) is 51.4 Å². The van der Waals surface area contributed by atoms with Gasteiger partial charge < -0.3 is 36.3 Å². The van der Waals surface area contributed by atoms with Gasteiger partial charge in [0.05, 0.1) is 18.3 Å². The van der Waals surface area contributed by atoms with Gasteiger partial charge in [-0.15, -0.1) is 0 Å². The highest BCUT2D eigenvalue weighted by molar-refractivity contribution is 5.76. The molecule has 0 aromatic rings. The fraction of sp³-hybridized carbons (Fsp3) is 0.977. The van der Waals surface area contributed by atoms with Gasteiger partial charge in [0.25, 0.3) is 0 Å². The molecule has 3 fully saturated rings. The van der Waals surface area contributed by atoms with Gasteiger partial charge >= 0.3 is 0 Å². The summed E-state index contributed by atoms with van der Waals surface area (Å²) in [6, 6.07) is 0. The lowest BCUT2D eigenvalue weighted by Crippen LogP contribution is -2.60. The Balaban J connectivity index is 1.86. The summed E-state index contributed by atoms with van der Waals surface area (Å²) in [5.41, 5.74) is 18.0. The molecule has 0 aromatic carbocycles. The maximum Gasteiger partial charge on any atom is 0.222 e. The normalized spacial score (nSPS) is 31.2. The van der Waals surface area contributed by atoms with Crippen LogP contribution in [0.15, 0.2) is 0 Å². The zero-order chi connectivity index (χ0) is 38.0. The molecule has 3 aliphatic carbocycles. The average Bonchev–Trinajstić information content (AvgIpc) is 3.50. The van der Waals surface area contributed by atoms with E-state index in [4.69, 9.17) is 31.4 Å². The molecule has 6 N–H and O–H groups in total. The number of ether oxygens (including phenoxy) is 3. The van der Waals surface area contributed by atoms with Gasteiger partial charge in [-0.3, -0.25) is 4.79 Å². The van der Waals surface area contributed by atoms with Crippen molar-refractivity contribution in [1.29, 1.82) is 0 Å². The lowest BCUT2D eigenvalue weighted by molar-refractivity contribution is -0.204. The number of nitrogens with two attached hydrogens (primary N) is 3. The Kier molecular flexibility index (Phi) is 21.0. The van der Waals surface area contributed by atoms with Crippen molar-refractivity contribution in [2.45, 2.75) is 182 Å². The number of hydrogen-bond donors (Lipinski definition) is 3. The quantitative estimate of drug-likeness (QED) is 0.0689. The molecular weight excluding hydrogens is 649 g/mol. The minimum absolute atomic E-state index is 0.0468. The number of amides is 1. The van der Waals surface area contributed by atoms with E-state index in [2.05, 4.69) is 46.4 Å². The van der Waals surface area contributed by atoms with Crippen molar-refractivity contribution in [3.8, 4) is 0 Å². The number of carbonyl (C=O) groups excluding carboxylic acids is 1. The molecule has 3 aliphatic rings. The molecule has 0 saturated heterocycles. The van der Waals surface area contributed by atoms with Crippen LogP contribution in [0.1, 0.15) is 164 Å². The SMILES string of the molecule is CCCCCN(CCCCC)C(=O)CC[C@@H](C)[C@H]1CC[C@H]2C3[C@H](OCCCN)CC[C@](C)(CC[C@H](CC)OCCCN)[C@H]3C[C@H](OCCCN)[C@]12C. The first kappa shape index (κ1) is 45.6. The first-order valence-electron chi connectivity index (χ1n) is 22.4. The molecule has 0 spiro atoms. The molecule has 0 bridgehead atoms. The van der Waals surface area contributed by atoms with Gasteiger partial charge in [-0.2, -0.15) is 0 Å². The summed E-state index contributed by atoms with van der Waals surface area (Å²) in [5, 5.41) is 0. The third kappa shape index (κ3) is 12.4. The molecular formula is C44H86N4O4. The van der Waals surface area contributed by atoms with Crippen LogP contribution in [0.4, 0.5) is 0 Å². The van der Waals surface area contributed by atoms with Crippen LogP contribution in [-0.2, 0) is 19.0 Å². The van der Waals surface area contributed by atoms with Crippen molar-refractivity contribution < 1.29 is 19.0 Å². The first-order chi connectivity index (χ1) is 25.1. The molecule has 0 aliphatic heterocycles. The topological polar surface area (TPSA) is 126 Å². The van der Waals surface area contributed by atoms with E-state index in [1.54, 1.807) is 0 Å². The van der Waals surface area contributed by atoms with Gasteiger partial charge in [-0.1, -0.05) is 67.2 Å². The summed E-state index contributed by atoms with van der Waals surface area (Å²) in [4.78, 5) is 15.9. The number of carbonyl (C=O) groups is 1. The van der Waals surface area contributed by atoms with Crippen molar-refractivity contribution >= 4 is 5.91 Å². The highest BCUT2D eigenvalue weighted by Gasteiger charge is 2.64. The Hall–Kier alpha value is -0.770. The van der Waals surface area contributed by atoms with Gasteiger partial charge in [0, 0.05) is 44.7 Å². The van der Waals surface area contributed by atoms with Crippen LogP contribution in [0, 0.1) is 40.4 Å². The first-order valence-corrected chi connectivity index (χ1v) is 22.4. The van der Waals surface area contributed by atoms with Gasteiger partial charge in [0.1, 0.15) is 0 Å². The van der Waals surface area contributed by atoms with Crippen LogP contribution >= 0.6 is 0 Å². The summed E-state index contributed by atoms with van der Waals surface area (Å²) in [6.07, 6.45) is 21.3. The fourth-order valence-corrected chi connectivity index (χ4v) is 11.1. The molecule has 0 aromatic heterocycles. The van der Waals surface area contributed by atoms with Gasteiger partial charge in [-0.25, -0.2) is 0 Å². The van der Waals surface area contributed by atoms with E-state index in [9.17, 15) is 4.79 Å². The summed E-state index contributed by atoms with van der Waals surface area (Å²) >= 11 is 0. The second kappa shape index (κ2) is 24.0. The Bertz CT molecular complexity index is 961. The Morgan fingerprint density at radius 2 is 1.42 bits per heavy atom. The van der Waals surface area contributed by atoms with Crippen LogP contribution in [0.3, 0.4) is 0 Å². The zero-order valence-electron chi connectivity index (χ0n) is 35.0. The molecule has 306 valence electrons. The molecule has 1 unspecified atom stereocenters. The number of hydrogen-bond acceptors (Lipinski definition) is 7. The molecule has 52 heavy (non-hydrogen) atoms. The molecule has 8 heteroatoms. The summed E-state index contributed by atoms with van der Waals surface area (Å²) in [6.45, 7) is 20.4. The van der Waals surface area contributed by atoms with Crippen molar-refractivity contribution in [2.24, 2.45) is 57.6 Å². The summed E-state index contributed by atoms with van der Waals surface area (Å²) < 4.78 is 20.2. The number of fused-ring (bicyclic) bond motifs is 3. The zero-order valence-corrected chi connectivity index (χ0v) is 35.0. The van der Waals surface area contributed by atoms with Crippen LogP contribution in [0.2, 0.25) is 0 Å². The van der Waals surface area contributed by atoms with E-state index in [0.717, 1.165) is 97.1 Å². The molecule has 1 amide bonds. The molecule has 3 saturated carbocycles. The van der Waals surface area contributed by atoms with Crippen molar-refractivity contribution in [1.82, 2.24) is 4.90 Å². The van der Waals surface area contributed by atoms with E-state index in [1.807, 2.05) is 0 Å². The summed E-state index contributed by atoms with van der Waals surface area (Å²) in [7, 11) is 0. The Morgan fingerprint density at radius 3 is 2.04 bits per heavy atom. The van der Waals surface area contributed by atoms with Crippen LogP contribution in [-0.4, -0.2) is 81.7 Å². The second-order valence-corrected chi connectivity index (χ2v) is 17.7. The average molecular weight is 735 g/mol. The molecule has 10 atom stereocenters. The van der Waals surface area contributed by atoms with Crippen LogP contribution in [0.5, 0.6) is 0 Å². The highest BCUT2D eigenvalue weighted by Crippen LogP contribution is 2.67. The van der Waals surface area contributed by atoms with Crippen molar-refractivity contribution in [2.75, 3.05) is 52.5 Å². The Morgan fingerprint density at radius 1 is 0.788 bits per heavy atom. The summed E-state index contributed by atoms with van der Waals surface area (Å²) in [5.74, 6) is 2.96. The molecule has 0 radical (unpaired) electrons. The minimum atomic E-state index is 0.0468. The van der Waals surface area contributed by atoms with Crippen LogP contribution < -0.4 is 17.2 Å². The van der Waals surface area contributed by atoms with E-state index < -0.39 is 0 Å². The maximum atomic E-state index is 13.7. The minimum Gasteiger partial charge on any atom is -0.378 e. The lowest BCUT2D eigenvalue weighted by atomic mass is 9.46. The van der Waals surface area contributed by atoms with Crippen molar-refractivity contribution in [3.63, 3.8) is 0 Å². The third-order valence-electron chi connectivity index (χ3n) is 14.3. The van der Waals surface area contributed by atoms with Crippen molar-refractivity contribution in [3.05, 3.63) is 0 Å². The smallest absolute Gasteiger partial charge is 0.222 e. The highest BCUT2D eigenvalue weighted by atomic mass is 16.5. The third-order valence-corrected chi connectivity index (χ3v) is 14.3. The van der Waals surface area contributed by atoms with E-state index in [0.29, 0.717) is 67.7 Å². The molecule has 0 heterocycles. The van der Waals surface area contributed by atoms with E-state index in [-0.39, 0.29) is 23.0 Å². The lowest BCUT2D eigenvalue weighted by Gasteiger charge is -2.61. The predicted octanol–water partition coefficient (Wildman–Crippen LogP) is 8.47. The van der Waals surface area contributed by atoms with Crippen LogP contribution in [0.25, 0.3) is 0 Å². The fourth-order valence-electron chi connectivity index (χ4n) is 11.1. The molecule has 8 nitrogen and oxygen atoms in total. The van der Waals surface area contributed by atoms with Gasteiger partial charge in [0.2, 0.25) is 5.91 Å². The number of rotatable bonds is 28. The second-order valence-electron chi connectivity index (χ2n) is 17.7. The number of unbranched alkanes of at least 4 members (excludes halogenated alkanes) is 4. The Labute approximate surface area is 321 Å². The number of nitrogens with zero attached hydrogens (tertiary/aromatic N) is 1. The van der Waals surface area contributed by atoms with Gasteiger partial charge in [0.15, 0.2) is 0 Å². The maximum absolute atomic E-state index is 13.7. The largest absolute Gasteiger partial charge is 0.378 e. The standard InChI is InChI=1S/C44H86N4O4/c1-7-10-12-28-48(29-13-11-8-2)41(49)20-17-34(4)36-18-19-37-42-38(33-40(44(36,37)6)52-32-16-27-47)43(5,24-22-39(42)51-31-15-26-46)23-21-35(9-3)50-30-14-25-45/h34-40,42H,7-33,45-47H2,1-6H3/t34-,35+,36-,37+,38+,39-,40+,42?,43+,44-/m1/s1. The van der Waals surface area contributed by atoms with Gasteiger partial charge in [-0.05, 0) is 145 Å². The predicted molar refractivity (Wildman–Crippen MR) is 217 cm³/mol. The monoisotopic (exact) mass is 735 g/mol. The molecule has 3 rings (SSSR count).